The lowest BCUT2D eigenvalue weighted by atomic mass is 10.0. The van der Waals surface area contributed by atoms with Gasteiger partial charge >= 0.3 is 0 Å². The molecule has 1 aromatic heterocycles. The number of nitrogens with zero attached hydrogens (tertiary/aromatic N) is 4. The van der Waals surface area contributed by atoms with Gasteiger partial charge in [-0.3, -0.25) is 19.1 Å². The first kappa shape index (κ1) is 25.4. The van der Waals surface area contributed by atoms with Gasteiger partial charge in [-0.05, 0) is 38.8 Å². The summed E-state index contributed by atoms with van der Waals surface area (Å²) in [4.78, 5) is 30.5. The first-order valence-corrected chi connectivity index (χ1v) is 12.3. The third-order valence-electron chi connectivity index (χ3n) is 5.68. The number of thioether (sulfide) groups is 1. The Kier molecular flexibility index (Phi) is 8.34. The van der Waals surface area contributed by atoms with Gasteiger partial charge in [0.15, 0.2) is 0 Å². The van der Waals surface area contributed by atoms with Gasteiger partial charge in [-0.2, -0.15) is 5.26 Å². The van der Waals surface area contributed by atoms with Crippen LogP contribution in [0.3, 0.4) is 0 Å². The van der Waals surface area contributed by atoms with E-state index in [0.29, 0.717) is 53.1 Å². The van der Waals surface area contributed by atoms with E-state index in [2.05, 4.69) is 11.0 Å². The lowest BCUT2D eigenvalue weighted by Gasteiger charge is -2.39. The van der Waals surface area contributed by atoms with Gasteiger partial charge in [0.2, 0.25) is 0 Å². The van der Waals surface area contributed by atoms with E-state index in [1.54, 1.807) is 24.7 Å². The molecule has 3 rings (SSSR count). The summed E-state index contributed by atoms with van der Waals surface area (Å²) in [6.07, 6.45) is 2.48. The minimum Gasteiger partial charge on any atom is -0.383 e. The molecule has 1 amide bonds. The van der Waals surface area contributed by atoms with Crippen LogP contribution < -0.4 is 10.5 Å². The van der Waals surface area contributed by atoms with E-state index in [9.17, 15) is 14.9 Å². The molecule has 178 valence electrons. The number of pyridine rings is 1. The van der Waals surface area contributed by atoms with Crippen molar-refractivity contribution >= 4 is 46.1 Å². The second kappa shape index (κ2) is 10.8. The van der Waals surface area contributed by atoms with Crippen LogP contribution in [0.2, 0.25) is 0 Å². The third kappa shape index (κ3) is 5.17. The molecule has 2 saturated heterocycles. The zero-order chi connectivity index (χ0) is 24.3. The number of nitriles is 1. The number of anilines is 1. The zero-order valence-electron chi connectivity index (χ0n) is 19.7. The Hall–Kier alpha value is -2.19. The summed E-state index contributed by atoms with van der Waals surface area (Å²) in [5.74, 6) is 0.533. The summed E-state index contributed by atoms with van der Waals surface area (Å²) in [5, 5.41) is 9.76. The second-order valence-corrected chi connectivity index (χ2v) is 9.97. The van der Waals surface area contributed by atoms with E-state index in [4.69, 9.17) is 21.7 Å². The summed E-state index contributed by atoms with van der Waals surface area (Å²) < 4.78 is 13.2. The molecule has 10 heteroatoms. The lowest BCUT2D eigenvalue weighted by molar-refractivity contribution is -0.122. The van der Waals surface area contributed by atoms with Gasteiger partial charge in [0.1, 0.15) is 21.8 Å². The Balaban J connectivity index is 2.22. The van der Waals surface area contributed by atoms with Crippen LogP contribution in [0.4, 0.5) is 5.82 Å². The van der Waals surface area contributed by atoms with Gasteiger partial charge in [0.25, 0.3) is 11.5 Å². The molecule has 0 aromatic carbocycles. The Morgan fingerprint density at radius 1 is 1.27 bits per heavy atom. The SMILES string of the molecule is CCCn1c(N2CC(C)OC(C)C2)c(C=C2SC(=S)N(CCOC)C2=O)c(C)c(C#N)c1=O. The minimum absolute atomic E-state index is 0.0185. The average molecular weight is 491 g/mol. The summed E-state index contributed by atoms with van der Waals surface area (Å²) in [5.41, 5.74) is 1.07. The maximum Gasteiger partial charge on any atom is 0.270 e. The van der Waals surface area contributed by atoms with Crippen LogP contribution in [0.1, 0.15) is 43.9 Å². The average Bonchev–Trinajstić information content (AvgIpc) is 3.02. The van der Waals surface area contributed by atoms with Crippen LogP contribution >= 0.6 is 24.0 Å². The number of carbonyl (C=O) groups is 1. The predicted octanol–water partition coefficient (Wildman–Crippen LogP) is 2.90. The Morgan fingerprint density at radius 2 is 1.94 bits per heavy atom. The molecule has 2 atom stereocenters. The number of morpholine rings is 1. The van der Waals surface area contributed by atoms with Gasteiger partial charge in [-0.25, -0.2) is 0 Å². The Labute approximate surface area is 204 Å². The number of rotatable bonds is 7. The first-order valence-electron chi connectivity index (χ1n) is 11.1. The van der Waals surface area contributed by atoms with Crippen molar-refractivity contribution in [2.24, 2.45) is 0 Å². The second-order valence-electron chi connectivity index (χ2n) is 8.29. The summed E-state index contributed by atoms with van der Waals surface area (Å²) in [6.45, 7) is 10.2. The van der Waals surface area contributed by atoms with Crippen LogP contribution in [-0.2, 0) is 20.8 Å². The van der Waals surface area contributed by atoms with Crippen molar-refractivity contribution < 1.29 is 14.3 Å². The molecular weight excluding hydrogens is 460 g/mol. The van der Waals surface area contributed by atoms with Crippen molar-refractivity contribution in [3.05, 3.63) is 31.9 Å². The maximum atomic E-state index is 13.3. The van der Waals surface area contributed by atoms with Gasteiger partial charge in [-0.15, -0.1) is 0 Å². The van der Waals surface area contributed by atoms with Gasteiger partial charge in [0, 0.05) is 32.3 Å². The molecule has 0 spiro atoms. The molecule has 0 saturated carbocycles. The van der Waals surface area contributed by atoms with E-state index >= 15 is 0 Å². The topological polar surface area (TPSA) is 87.8 Å². The van der Waals surface area contributed by atoms with Crippen molar-refractivity contribution in [2.75, 3.05) is 38.3 Å². The minimum atomic E-state index is -0.302. The first-order chi connectivity index (χ1) is 15.7. The Morgan fingerprint density at radius 3 is 2.52 bits per heavy atom. The molecule has 2 unspecified atom stereocenters. The van der Waals surface area contributed by atoms with Crippen LogP contribution in [0.25, 0.3) is 6.08 Å². The summed E-state index contributed by atoms with van der Waals surface area (Å²) in [7, 11) is 1.58. The van der Waals surface area contributed by atoms with Crippen molar-refractivity contribution in [1.82, 2.24) is 9.47 Å². The number of hydrogen-bond donors (Lipinski definition) is 0. The molecular formula is C23H30N4O4S2. The number of thiocarbonyl (C=S) groups is 1. The fourth-order valence-corrected chi connectivity index (χ4v) is 5.56. The number of ether oxygens (including phenoxy) is 2. The number of aromatic nitrogens is 1. The van der Waals surface area contributed by atoms with Gasteiger partial charge in [0.05, 0.1) is 30.3 Å². The molecule has 3 heterocycles. The highest BCUT2D eigenvalue weighted by molar-refractivity contribution is 8.26. The molecule has 1 aromatic rings. The van der Waals surface area contributed by atoms with E-state index in [1.165, 1.54) is 16.7 Å². The summed E-state index contributed by atoms with van der Waals surface area (Å²) >= 11 is 6.65. The van der Waals surface area contributed by atoms with E-state index < -0.39 is 0 Å². The normalized spacial score (nSPS) is 22.4. The number of hydrogen-bond acceptors (Lipinski definition) is 8. The number of methoxy groups -OCH3 is 1. The summed E-state index contributed by atoms with van der Waals surface area (Å²) in [6, 6.07) is 2.08. The lowest BCUT2D eigenvalue weighted by Crippen LogP contribution is -2.48. The van der Waals surface area contributed by atoms with Crippen molar-refractivity contribution in [1.29, 1.82) is 5.26 Å². The molecule has 2 aliphatic heterocycles. The highest BCUT2D eigenvalue weighted by Crippen LogP contribution is 2.36. The zero-order valence-corrected chi connectivity index (χ0v) is 21.3. The Bertz CT molecular complexity index is 1070. The predicted molar refractivity (Wildman–Crippen MR) is 134 cm³/mol. The van der Waals surface area contributed by atoms with E-state index in [1.807, 2.05) is 20.8 Å². The maximum absolute atomic E-state index is 13.3. The van der Waals surface area contributed by atoms with Crippen molar-refractivity contribution in [2.45, 2.75) is 52.9 Å². The van der Waals surface area contributed by atoms with Crippen LogP contribution in [0, 0.1) is 18.3 Å². The number of amides is 1. The molecule has 2 aliphatic rings. The molecule has 0 aliphatic carbocycles. The monoisotopic (exact) mass is 490 g/mol. The molecule has 0 radical (unpaired) electrons. The molecule has 8 nitrogen and oxygen atoms in total. The third-order valence-corrected chi connectivity index (χ3v) is 7.06. The fourth-order valence-electron chi connectivity index (χ4n) is 4.27. The van der Waals surface area contributed by atoms with Crippen molar-refractivity contribution in [3.8, 4) is 6.07 Å². The molecule has 0 N–H and O–H groups in total. The van der Waals surface area contributed by atoms with Gasteiger partial charge < -0.3 is 14.4 Å². The highest BCUT2D eigenvalue weighted by Gasteiger charge is 2.34. The van der Waals surface area contributed by atoms with E-state index in [-0.39, 0.29) is 29.2 Å². The smallest absolute Gasteiger partial charge is 0.270 e. The molecule has 0 bridgehead atoms. The molecule has 33 heavy (non-hydrogen) atoms. The molecule has 2 fully saturated rings. The standard InChI is InChI=1S/C23H30N4O4S2/c1-6-7-26-20(25-12-14(2)31-15(3)13-25)17(16(4)18(11-24)21(26)28)10-19-22(29)27(8-9-30-5)23(32)33-19/h10,14-15H,6-9,12-13H2,1-5H3. The van der Waals surface area contributed by atoms with Crippen LogP contribution in [-0.4, -0.2) is 65.3 Å². The van der Waals surface area contributed by atoms with Gasteiger partial charge in [-0.1, -0.05) is 30.9 Å². The van der Waals surface area contributed by atoms with Crippen LogP contribution in [0.5, 0.6) is 0 Å². The quantitative estimate of drug-likeness (QED) is 0.426. The highest BCUT2D eigenvalue weighted by atomic mass is 32.2. The van der Waals surface area contributed by atoms with Crippen LogP contribution in [0.15, 0.2) is 9.70 Å². The fraction of sp³-hybridized carbons (Fsp3) is 0.565. The number of carbonyl (C=O) groups excluding carboxylic acids is 1. The largest absolute Gasteiger partial charge is 0.383 e. The van der Waals surface area contributed by atoms with Crippen molar-refractivity contribution in [3.63, 3.8) is 0 Å². The van der Waals surface area contributed by atoms with E-state index in [0.717, 1.165) is 12.2 Å².